The number of urea groups is 1. The Morgan fingerprint density at radius 3 is 2.75 bits per heavy atom. The molecule has 6 nitrogen and oxygen atoms in total. The third-order valence-corrected chi connectivity index (χ3v) is 3.87. The SMILES string of the molecule is CC(C)(C)c1cnc(CN2C(=O)C3CCCN3C2=O)o1. The molecule has 0 aliphatic carbocycles. The maximum atomic E-state index is 12.2. The summed E-state index contributed by atoms with van der Waals surface area (Å²) in [5, 5.41) is 0. The number of imide groups is 1. The van der Waals surface area contributed by atoms with E-state index in [4.69, 9.17) is 4.42 Å². The van der Waals surface area contributed by atoms with Gasteiger partial charge in [0.2, 0.25) is 5.89 Å². The van der Waals surface area contributed by atoms with E-state index < -0.39 is 0 Å². The van der Waals surface area contributed by atoms with Crippen LogP contribution >= 0.6 is 0 Å². The Balaban J connectivity index is 1.77. The summed E-state index contributed by atoms with van der Waals surface area (Å²) in [6.07, 6.45) is 3.34. The lowest BCUT2D eigenvalue weighted by Gasteiger charge is -2.15. The number of amides is 3. The number of hydrogen-bond acceptors (Lipinski definition) is 4. The molecule has 0 spiro atoms. The van der Waals surface area contributed by atoms with E-state index in [1.54, 1.807) is 11.1 Å². The van der Waals surface area contributed by atoms with Crippen LogP contribution in [0.15, 0.2) is 10.6 Å². The normalized spacial score (nSPS) is 22.9. The highest BCUT2D eigenvalue weighted by Gasteiger charge is 2.47. The summed E-state index contributed by atoms with van der Waals surface area (Å²) in [5.74, 6) is 1.05. The lowest BCUT2D eigenvalue weighted by atomic mass is 9.94. The summed E-state index contributed by atoms with van der Waals surface area (Å²) in [4.78, 5) is 31.4. The Morgan fingerprint density at radius 1 is 1.40 bits per heavy atom. The largest absolute Gasteiger partial charge is 0.443 e. The van der Waals surface area contributed by atoms with Crippen LogP contribution in [0.25, 0.3) is 0 Å². The Bertz CT molecular complexity index is 536. The third-order valence-electron chi connectivity index (χ3n) is 3.87. The van der Waals surface area contributed by atoms with Gasteiger partial charge in [0, 0.05) is 12.0 Å². The summed E-state index contributed by atoms with van der Waals surface area (Å²) in [7, 11) is 0. The van der Waals surface area contributed by atoms with Crippen molar-refractivity contribution in [2.24, 2.45) is 0 Å². The van der Waals surface area contributed by atoms with Crippen molar-refractivity contribution < 1.29 is 14.0 Å². The molecule has 1 aromatic heterocycles. The number of aromatic nitrogens is 1. The van der Waals surface area contributed by atoms with Crippen LogP contribution < -0.4 is 0 Å². The Kier molecular flexibility index (Phi) is 2.84. The van der Waals surface area contributed by atoms with Crippen molar-refractivity contribution in [1.29, 1.82) is 0 Å². The van der Waals surface area contributed by atoms with Gasteiger partial charge < -0.3 is 9.32 Å². The zero-order valence-electron chi connectivity index (χ0n) is 12.0. The van der Waals surface area contributed by atoms with Gasteiger partial charge in [-0.2, -0.15) is 0 Å². The van der Waals surface area contributed by atoms with Crippen molar-refractivity contribution in [2.75, 3.05) is 6.54 Å². The van der Waals surface area contributed by atoms with Crippen molar-refractivity contribution in [2.45, 2.75) is 51.6 Å². The standard InChI is InChI=1S/C14H19N3O3/c1-14(2,3)10-7-15-11(20-10)8-17-12(18)9-5-4-6-16(9)13(17)19/h7,9H,4-6,8H2,1-3H3. The van der Waals surface area contributed by atoms with Crippen LogP contribution in [0.3, 0.4) is 0 Å². The molecule has 108 valence electrons. The number of fused-ring (bicyclic) bond motifs is 1. The third kappa shape index (κ3) is 1.99. The van der Waals surface area contributed by atoms with Crippen LogP contribution in [0.2, 0.25) is 0 Å². The molecule has 0 N–H and O–H groups in total. The molecule has 2 fully saturated rings. The first-order chi connectivity index (χ1) is 9.38. The maximum Gasteiger partial charge on any atom is 0.327 e. The number of carbonyl (C=O) groups is 2. The van der Waals surface area contributed by atoms with E-state index in [0.717, 1.165) is 18.6 Å². The molecule has 3 rings (SSSR count). The van der Waals surface area contributed by atoms with E-state index in [1.165, 1.54) is 4.90 Å². The number of oxazole rings is 1. The van der Waals surface area contributed by atoms with Gasteiger partial charge in [0.15, 0.2) is 0 Å². The van der Waals surface area contributed by atoms with Crippen molar-refractivity contribution in [3.63, 3.8) is 0 Å². The second kappa shape index (κ2) is 4.33. The van der Waals surface area contributed by atoms with E-state index in [-0.39, 0.29) is 29.9 Å². The van der Waals surface area contributed by atoms with Crippen LogP contribution in [0.4, 0.5) is 4.79 Å². The Labute approximate surface area is 117 Å². The molecule has 6 heteroatoms. The van der Waals surface area contributed by atoms with Crippen LogP contribution in [0, 0.1) is 0 Å². The van der Waals surface area contributed by atoms with Gasteiger partial charge in [0.1, 0.15) is 18.3 Å². The van der Waals surface area contributed by atoms with Crippen molar-refractivity contribution in [3.8, 4) is 0 Å². The number of carbonyl (C=O) groups excluding carboxylic acids is 2. The molecule has 2 saturated heterocycles. The first-order valence-corrected chi connectivity index (χ1v) is 6.95. The molecule has 20 heavy (non-hydrogen) atoms. The van der Waals surface area contributed by atoms with Gasteiger partial charge in [0.05, 0.1) is 6.20 Å². The van der Waals surface area contributed by atoms with Crippen LogP contribution in [0.5, 0.6) is 0 Å². The fraction of sp³-hybridized carbons (Fsp3) is 0.643. The van der Waals surface area contributed by atoms with Gasteiger partial charge in [-0.3, -0.25) is 9.69 Å². The van der Waals surface area contributed by atoms with Gasteiger partial charge in [-0.05, 0) is 12.8 Å². The minimum Gasteiger partial charge on any atom is -0.443 e. The lowest BCUT2D eigenvalue weighted by Crippen LogP contribution is -2.32. The fourth-order valence-corrected chi connectivity index (χ4v) is 2.69. The van der Waals surface area contributed by atoms with E-state index in [1.807, 2.05) is 20.8 Å². The summed E-state index contributed by atoms with van der Waals surface area (Å²) < 4.78 is 5.65. The minimum absolute atomic E-state index is 0.122. The first kappa shape index (κ1) is 13.1. The molecule has 1 unspecified atom stereocenters. The highest BCUT2D eigenvalue weighted by Crippen LogP contribution is 2.29. The molecule has 3 amide bonds. The van der Waals surface area contributed by atoms with Crippen molar-refractivity contribution >= 4 is 11.9 Å². The molecule has 0 saturated carbocycles. The molecule has 2 aliphatic rings. The summed E-state index contributed by atoms with van der Waals surface area (Å²) in [6, 6.07) is -0.479. The smallest absolute Gasteiger partial charge is 0.327 e. The van der Waals surface area contributed by atoms with Crippen LogP contribution in [0.1, 0.15) is 45.3 Å². The van der Waals surface area contributed by atoms with Gasteiger partial charge in [-0.1, -0.05) is 20.8 Å². The van der Waals surface area contributed by atoms with Gasteiger partial charge >= 0.3 is 6.03 Å². The quantitative estimate of drug-likeness (QED) is 0.774. The van der Waals surface area contributed by atoms with Crippen molar-refractivity contribution in [1.82, 2.24) is 14.8 Å². The predicted molar refractivity (Wildman–Crippen MR) is 70.9 cm³/mol. The molecule has 0 radical (unpaired) electrons. The summed E-state index contributed by atoms with van der Waals surface area (Å²) in [6.45, 7) is 6.88. The van der Waals surface area contributed by atoms with Crippen LogP contribution in [-0.4, -0.2) is 39.3 Å². The summed E-state index contributed by atoms with van der Waals surface area (Å²) in [5.41, 5.74) is -0.135. The predicted octanol–water partition coefficient (Wildman–Crippen LogP) is 1.90. The molecule has 3 heterocycles. The molecular formula is C14H19N3O3. The monoisotopic (exact) mass is 277 g/mol. The average molecular weight is 277 g/mol. The van der Waals surface area contributed by atoms with Crippen LogP contribution in [-0.2, 0) is 16.8 Å². The Morgan fingerprint density at radius 2 is 2.15 bits per heavy atom. The first-order valence-electron chi connectivity index (χ1n) is 6.95. The average Bonchev–Trinajstić information content (AvgIpc) is 3.05. The molecule has 0 bridgehead atoms. The Hall–Kier alpha value is -1.85. The molecule has 1 aromatic rings. The van der Waals surface area contributed by atoms with E-state index in [9.17, 15) is 9.59 Å². The zero-order valence-corrected chi connectivity index (χ0v) is 12.0. The van der Waals surface area contributed by atoms with Gasteiger partial charge in [0.25, 0.3) is 5.91 Å². The second-order valence-electron chi connectivity index (χ2n) is 6.43. The van der Waals surface area contributed by atoms with E-state index in [0.29, 0.717) is 12.4 Å². The van der Waals surface area contributed by atoms with Gasteiger partial charge in [-0.25, -0.2) is 9.78 Å². The second-order valence-corrected chi connectivity index (χ2v) is 6.43. The zero-order chi connectivity index (χ0) is 14.5. The molecule has 2 aliphatic heterocycles. The highest BCUT2D eigenvalue weighted by molar-refractivity contribution is 6.04. The molecule has 1 atom stereocenters. The number of hydrogen-bond donors (Lipinski definition) is 0. The van der Waals surface area contributed by atoms with Crippen molar-refractivity contribution in [3.05, 3.63) is 17.8 Å². The van der Waals surface area contributed by atoms with E-state index in [2.05, 4.69) is 4.98 Å². The molecule has 0 aromatic carbocycles. The number of nitrogens with zero attached hydrogens (tertiary/aromatic N) is 3. The minimum atomic E-state index is -0.264. The lowest BCUT2D eigenvalue weighted by molar-refractivity contribution is -0.128. The molecular weight excluding hydrogens is 258 g/mol. The highest BCUT2D eigenvalue weighted by atomic mass is 16.4. The maximum absolute atomic E-state index is 12.2. The fourth-order valence-electron chi connectivity index (χ4n) is 2.69. The number of rotatable bonds is 2. The summed E-state index contributed by atoms with van der Waals surface area (Å²) >= 11 is 0. The van der Waals surface area contributed by atoms with E-state index >= 15 is 0 Å². The van der Waals surface area contributed by atoms with Gasteiger partial charge in [-0.15, -0.1) is 0 Å². The topological polar surface area (TPSA) is 66.7 Å².